The van der Waals surface area contributed by atoms with Crippen LogP contribution in [-0.4, -0.2) is 45.8 Å². The number of halogens is 6. The lowest BCUT2D eigenvalue weighted by atomic mass is 9.90. The van der Waals surface area contributed by atoms with Crippen LogP contribution in [-0.2, 0) is 40.0 Å². The summed E-state index contributed by atoms with van der Waals surface area (Å²) < 4.78 is 97.6. The highest BCUT2D eigenvalue weighted by Crippen LogP contribution is 2.40. The number of hydrogen-bond donors (Lipinski definition) is 0. The Hall–Kier alpha value is -5.86. The van der Waals surface area contributed by atoms with Crippen molar-refractivity contribution in [3.8, 4) is 11.4 Å². The Labute approximate surface area is 362 Å². The van der Waals surface area contributed by atoms with E-state index in [1.54, 1.807) is 16.8 Å². The highest BCUT2D eigenvalue weighted by Gasteiger charge is 2.33. The Morgan fingerprint density at radius 3 is 1.54 bits per heavy atom. The van der Waals surface area contributed by atoms with E-state index in [9.17, 15) is 35.9 Å². The molecule has 8 nitrogen and oxygen atoms in total. The fourth-order valence-corrected chi connectivity index (χ4v) is 8.54. The van der Waals surface area contributed by atoms with Crippen molar-refractivity contribution in [1.82, 2.24) is 19.6 Å². The summed E-state index contributed by atoms with van der Waals surface area (Å²) in [7, 11) is 3.05. The van der Waals surface area contributed by atoms with Crippen LogP contribution in [0.15, 0.2) is 84.9 Å². The number of carbonyl (C=O) groups excluding carboxylic acids is 2. The van der Waals surface area contributed by atoms with Crippen LogP contribution in [0.1, 0.15) is 120 Å². The van der Waals surface area contributed by atoms with Crippen molar-refractivity contribution >= 4 is 12.1 Å². The standard InChI is InChI=1S/C24H25F3N2O2.C22H19F3N2O.C3H6O/c1-30-24(31-2)22-19-9-4-3-7-16(12-15-6-5-8-17(25)13-15)23(19)29(28-22)21-11-10-18(26)14-20(21)27;23-16-6-3-4-14(11-16)10-15-5-1-2-7-18-20(13-28)26-27(22(15)18)21-9-8-17(24)12-19(21)25;1-3(2)4/h5-6,8,10-11,13-14,16,24H,3-4,7,9,12H2,1-2H3;3-4,6,8-9,11-13,15H,1-2,5,7,10H2;1-2H3. The first-order valence-electron chi connectivity index (χ1n) is 20.9. The minimum atomic E-state index is -0.739. The number of ketones is 1. The van der Waals surface area contributed by atoms with E-state index < -0.39 is 29.6 Å². The van der Waals surface area contributed by atoms with Gasteiger partial charge in [-0.05, 0) is 125 Å². The molecule has 6 aromatic rings. The molecule has 63 heavy (non-hydrogen) atoms. The van der Waals surface area contributed by atoms with Crippen molar-refractivity contribution in [3.05, 3.63) is 165 Å². The topological polar surface area (TPSA) is 88.2 Å². The van der Waals surface area contributed by atoms with Gasteiger partial charge in [0.15, 0.2) is 17.9 Å². The molecule has 14 heteroatoms. The number of carbonyl (C=O) groups is 2. The number of aromatic nitrogens is 4. The van der Waals surface area contributed by atoms with Gasteiger partial charge in [-0.15, -0.1) is 0 Å². The quantitative estimate of drug-likeness (QED) is 0.0590. The first-order valence-corrected chi connectivity index (χ1v) is 20.9. The van der Waals surface area contributed by atoms with Gasteiger partial charge in [-0.25, -0.2) is 35.7 Å². The van der Waals surface area contributed by atoms with Gasteiger partial charge in [0, 0.05) is 49.3 Å². The maximum Gasteiger partial charge on any atom is 0.202 e. The number of Topliss-reactive ketones (excluding diaryl/α,β-unsaturated/α-hetero) is 1. The van der Waals surface area contributed by atoms with Crippen molar-refractivity contribution in [3.63, 3.8) is 0 Å². The second kappa shape index (κ2) is 21.5. The van der Waals surface area contributed by atoms with Crippen LogP contribution < -0.4 is 0 Å². The van der Waals surface area contributed by atoms with E-state index in [4.69, 9.17) is 9.47 Å². The molecule has 0 N–H and O–H groups in total. The fraction of sp³-hybridized carbons (Fsp3) is 0.347. The molecule has 0 saturated heterocycles. The lowest BCUT2D eigenvalue weighted by Gasteiger charge is -2.19. The van der Waals surface area contributed by atoms with Crippen molar-refractivity contribution in [2.45, 2.75) is 96.2 Å². The zero-order valence-corrected chi connectivity index (χ0v) is 35.7. The van der Waals surface area contributed by atoms with Crippen LogP contribution in [0, 0.1) is 34.9 Å². The maximum absolute atomic E-state index is 14.8. The summed E-state index contributed by atoms with van der Waals surface area (Å²) in [6.07, 6.45) is 7.96. The van der Waals surface area contributed by atoms with E-state index in [2.05, 4.69) is 10.2 Å². The summed E-state index contributed by atoms with van der Waals surface area (Å²) in [6.45, 7) is 3.06. The van der Waals surface area contributed by atoms with Gasteiger partial charge in [-0.2, -0.15) is 10.2 Å². The zero-order chi connectivity index (χ0) is 45.2. The number of fused-ring (bicyclic) bond motifs is 2. The van der Waals surface area contributed by atoms with Crippen molar-refractivity contribution in [2.24, 2.45) is 0 Å². The van der Waals surface area contributed by atoms with Crippen molar-refractivity contribution in [1.29, 1.82) is 0 Å². The molecular formula is C49H50F6N4O4. The Morgan fingerprint density at radius 1 is 0.651 bits per heavy atom. The van der Waals surface area contributed by atoms with Crippen LogP contribution in [0.4, 0.5) is 26.3 Å². The van der Waals surface area contributed by atoms with E-state index in [-0.39, 0.29) is 46.3 Å². The monoisotopic (exact) mass is 872 g/mol. The number of methoxy groups -OCH3 is 2. The van der Waals surface area contributed by atoms with E-state index >= 15 is 0 Å². The summed E-state index contributed by atoms with van der Waals surface area (Å²) in [4.78, 5) is 21.0. The van der Waals surface area contributed by atoms with E-state index in [1.165, 1.54) is 81.3 Å². The lowest BCUT2D eigenvalue weighted by molar-refractivity contribution is -0.115. The molecule has 0 bridgehead atoms. The third-order valence-corrected chi connectivity index (χ3v) is 11.1. The van der Waals surface area contributed by atoms with Gasteiger partial charge in [0.05, 0.1) is 11.4 Å². The minimum Gasteiger partial charge on any atom is -0.350 e. The number of ether oxygens (including phenoxy) is 2. The van der Waals surface area contributed by atoms with Crippen molar-refractivity contribution < 1.29 is 45.4 Å². The Morgan fingerprint density at radius 2 is 1.10 bits per heavy atom. The SMILES string of the molecule is CC(C)=O.COC(OC)c1nn(-c2ccc(F)cc2F)c2c1CCCCC2Cc1cccc(F)c1.O=Cc1nn(-c2ccc(F)cc2F)c2c1CCCCC2Cc1cccc(F)c1. The second-order valence-electron chi connectivity index (χ2n) is 15.9. The zero-order valence-electron chi connectivity index (χ0n) is 35.7. The smallest absolute Gasteiger partial charge is 0.202 e. The number of nitrogens with zero attached hydrogens (tertiary/aromatic N) is 4. The molecule has 0 aliphatic heterocycles. The van der Waals surface area contributed by atoms with Gasteiger partial charge < -0.3 is 14.3 Å². The number of rotatable bonds is 10. The van der Waals surface area contributed by atoms with Gasteiger partial charge in [-0.1, -0.05) is 37.1 Å². The minimum absolute atomic E-state index is 0.0145. The maximum atomic E-state index is 14.8. The molecule has 332 valence electrons. The molecule has 4 aromatic carbocycles. The molecule has 0 spiro atoms. The van der Waals surface area contributed by atoms with Gasteiger partial charge >= 0.3 is 0 Å². The van der Waals surface area contributed by atoms with Crippen LogP contribution in [0.2, 0.25) is 0 Å². The first-order chi connectivity index (χ1) is 30.3. The third kappa shape index (κ3) is 11.4. The summed E-state index contributed by atoms with van der Waals surface area (Å²) in [5, 5.41) is 9.01. The molecule has 0 fully saturated rings. The van der Waals surface area contributed by atoms with Crippen LogP contribution in [0.25, 0.3) is 11.4 Å². The van der Waals surface area contributed by atoms with E-state index in [1.807, 2.05) is 12.1 Å². The second-order valence-corrected chi connectivity index (χ2v) is 15.9. The summed E-state index contributed by atoms with van der Waals surface area (Å²) >= 11 is 0. The largest absolute Gasteiger partial charge is 0.350 e. The summed E-state index contributed by atoms with van der Waals surface area (Å²) in [5.74, 6) is -3.26. The molecule has 2 aliphatic carbocycles. The Bertz CT molecular complexity index is 2530. The Balaban J connectivity index is 0.000000194. The van der Waals surface area contributed by atoms with E-state index in [0.29, 0.717) is 31.2 Å². The molecule has 2 heterocycles. The van der Waals surface area contributed by atoms with Crippen LogP contribution >= 0.6 is 0 Å². The van der Waals surface area contributed by atoms with E-state index in [0.717, 1.165) is 90.7 Å². The first kappa shape index (κ1) is 46.6. The molecule has 2 atom stereocenters. The van der Waals surface area contributed by atoms with Crippen LogP contribution in [0.3, 0.4) is 0 Å². The van der Waals surface area contributed by atoms with Gasteiger partial charge in [0.2, 0.25) is 6.29 Å². The Kier molecular flexibility index (Phi) is 15.9. The highest BCUT2D eigenvalue weighted by molar-refractivity contribution is 5.75. The average molecular weight is 873 g/mol. The van der Waals surface area contributed by atoms with Gasteiger partial charge in [0.1, 0.15) is 51.8 Å². The van der Waals surface area contributed by atoms with Crippen LogP contribution in [0.5, 0.6) is 0 Å². The number of aldehydes is 1. The molecule has 8 rings (SSSR count). The molecule has 0 saturated carbocycles. The highest BCUT2D eigenvalue weighted by atomic mass is 19.2. The lowest BCUT2D eigenvalue weighted by Crippen LogP contribution is -2.12. The summed E-state index contributed by atoms with van der Waals surface area (Å²) in [5.41, 5.74) is 6.21. The average Bonchev–Trinajstić information content (AvgIpc) is 3.61. The number of hydrogen-bond acceptors (Lipinski definition) is 6. The predicted molar refractivity (Wildman–Crippen MR) is 226 cm³/mol. The molecule has 0 radical (unpaired) electrons. The molecular weight excluding hydrogens is 823 g/mol. The fourth-order valence-electron chi connectivity index (χ4n) is 8.54. The number of benzene rings is 4. The van der Waals surface area contributed by atoms with Gasteiger partial charge in [-0.3, -0.25) is 4.79 Å². The predicted octanol–water partition coefficient (Wildman–Crippen LogP) is 11.4. The molecule has 2 aromatic heterocycles. The third-order valence-electron chi connectivity index (χ3n) is 11.1. The van der Waals surface area contributed by atoms with Gasteiger partial charge in [0.25, 0.3) is 0 Å². The molecule has 2 unspecified atom stereocenters. The summed E-state index contributed by atoms with van der Waals surface area (Å²) in [6, 6.07) is 19.7. The molecule has 2 aliphatic rings. The normalized spacial score (nSPS) is 15.8. The van der Waals surface area contributed by atoms with Crippen molar-refractivity contribution in [2.75, 3.05) is 14.2 Å². The molecule has 0 amide bonds.